The third-order valence-electron chi connectivity index (χ3n) is 3.00. The Balaban J connectivity index is 0.00000242. The van der Waals surface area contributed by atoms with Gasteiger partial charge in [0.2, 0.25) is 0 Å². The smallest absolute Gasteiger partial charge is 0.276 e. The van der Waals surface area contributed by atoms with E-state index in [1.807, 2.05) is 14.0 Å². The van der Waals surface area contributed by atoms with Crippen LogP contribution in [-0.4, -0.2) is 28.2 Å². The fourth-order valence-electron chi connectivity index (χ4n) is 1.75. The molecule has 1 heterocycles. The summed E-state index contributed by atoms with van der Waals surface area (Å²) in [6.07, 6.45) is 3.82. The van der Waals surface area contributed by atoms with Gasteiger partial charge >= 0.3 is 0 Å². The van der Waals surface area contributed by atoms with Crippen molar-refractivity contribution in [3.05, 3.63) is 51.7 Å². The second-order valence-corrected chi connectivity index (χ2v) is 4.59. The summed E-state index contributed by atoms with van der Waals surface area (Å²) in [5, 5.41) is 17.9. The zero-order valence-corrected chi connectivity index (χ0v) is 13.0. The number of halogens is 1. The van der Waals surface area contributed by atoms with Crippen LogP contribution in [0.1, 0.15) is 24.2 Å². The van der Waals surface area contributed by atoms with E-state index in [0.29, 0.717) is 23.7 Å². The second kappa shape index (κ2) is 8.26. The van der Waals surface area contributed by atoms with Crippen LogP contribution in [0.25, 0.3) is 12.2 Å². The lowest BCUT2D eigenvalue weighted by molar-refractivity contribution is -0.385. The molecule has 0 saturated heterocycles. The first-order valence-corrected chi connectivity index (χ1v) is 6.51. The summed E-state index contributed by atoms with van der Waals surface area (Å²) in [6.45, 7) is 2.01. The molecular formula is C14H17ClN4O3. The average molecular weight is 325 g/mol. The number of nitrogens with one attached hydrogen (secondary N) is 1. The summed E-state index contributed by atoms with van der Waals surface area (Å²) >= 11 is 0. The lowest BCUT2D eigenvalue weighted by Gasteiger charge is -2.04. The number of likely N-dealkylation sites (N-methyl/N-ethyl adjacent to an activating group) is 1. The van der Waals surface area contributed by atoms with Crippen molar-refractivity contribution < 1.29 is 9.45 Å². The van der Waals surface area contributed by atoms with E-state index in [-0.39, 0.29) is 24.1 Å². The SMILES string of the molecule is CNC(C)Cc1noc(/C=C/c2ccccc2[N+](=O)[O-])n1.Cl. The molecule has 1 atom stereocenters. The molecule has 1 aromatic carbocycles. The highest BCUT2D eigenvalue weighted by Gasteiger charge is 2.11. The summed E-state index contributed by atoms with van der Waals surface area (Å²) in [5.74, 6) is 0.922. The van der Waals surface area contributed by atoms with Gasteiger partial charge in [0, 0.05) is 24.6 Å². The first-order chi connectivity index (χ1) is 10.1. The first-order valence-electron chi connectivity index (χ1n) is 6.51. The van der Waals surface area contributed by atoms with Gasteiger partial charge in [0.15, 0.2) is 5.82 Å². The Hall–Kier alpha value is -2.25. The van der Waals surface area contributed by atoms with Crippen LogP contribution in [-0.2, 0) is 6.42 Å². The summed E-state index contributed by atoms with van der Waals surface area (Å²) in [4.78, 5) is 14.7. The molecule has 0 spiro atoms. The average Bonchev–Trinajstić information content (AvgIpc) is 2.92. The van der Waals surface area contributed by atoms with E-state index >= 15 is 0 Å². The van der Waals surface area contributed by atoms with Crippen molar-refractivity contribution in [3.63, 3.8) is 0 Å². The van der Waals surface area contributed by atoms with E-state index in [9.17, 15) is 10.1 Å². The van der Waals surface area contributed by atoms with Crippen LogP contribution in [0.5, 0.6) is 0 Å². The predicted octanol–water partition coefficient (Wildman–Crippen LogP) is 2.72. The lowest BCUT2D eigenvalue weighted by atomic mass is 10.1. The molecule has 0 radical (unpaired) electrons. The Bertz CT molecular complexity index is 657. The Morgan fingerprint density at radius 3 is 2.82 bits per heavy atom. The van der Waals surface area contributed by atoms with Crippen molar-refractivity contribution in [2.75, 3.05) is 7.05 Å². The molecule has 1 unspecified atom stereocenters. The van der Waals surface area contributed by atoms with Crippen LogP contribution in [0.2, 0.25) is 0 Å². The number of nitrogens with zero attached hydrogens (tertiary/aromatic N) is 3. The van der Waals surface area contributed by atoms with Crippen LogP contribution < -0.4 is 5.32 Å². The topological polar surface area (TPSA) is 94.1 Å². The monoisotopic (exact) mass is 324 g/mol. The van der Waals surface area contributed by atoms with Gasteiger partial charge in [0.05, 0.1) is 10.5 Å². The highest BCUT2D eigenvalue weighted by molar-refractivity contribution is 5.85. The van der Waals surface area contributed by atoms with Gasteiger partial charge in [-0.3, -0.25) is 10.1 Å². The van der Waals surface area contributed by atoms with E-state index in [1.54, 1.807) is 30.4 Å². The minimum atomic E-state index is -0.423. The van der Waals surface area contributed by atoms with Gasteiger partial charge in [-0.05, 0) is 26.1 Å². The maximum atomic E-state index is 10.9. The predicted molar refractivity (Wildman–Crippen MR) is 85.8 cm³/mol. The lowest BCUT2D eigenvalue weighted by Crippen LogP contribution is -2.24. The highest BCUT2D eigenvalue weighted by atomic mass is 35.5. The molecule has 8 heteroatoms. The van der Waals surface area contributed by atoms with E-state index < -0.39 is 4.92 Å². The van der Waals surface area contributed by atoms with E-state index in [1.165, 1.54) is 6.07 Å². The highest BCUT2D eigenvalue weighted by Crippen LogP contribution is 2.19. The summed E-state index contributed by atoms with van der Waals surface area (Å²) in [6, 6.07) is 6.72. The maximum absolute atomic E-state index is 10.9. The number of nitro groups is 1. The molecular weight excluding hydrogens is 308 g/mol. The summed E-state index contributed by atoms with van der Waals surface area (Å²) < 4.78 is 5.09. The molecule has 2 rings (SSSR count). The van der Waals surface area contributed by atoms with Crippen molar-refractivity contribution in [2.24, 2.45) is 0 Å². The fraction of sp³-hybridized carbons (Fsp3) is 0.286. The van der Waals surface area contributed by atoms with Gasteiger partial charge in [-0.1, -0.05) is 17.3 Å². The Kier molecular flexibility index (Phi) is 6.68. The molecule has 0 amide bonds. The standard InChI is InChI=1S/C14H16N4O3.ClH/c1-10(15-2)9-13-16-14(21-17-13)8-7-11-5-3-4-6-12(11)18(19)20;/h3-8,10,15H,9H2,1-2H3;1H/b8-7+;. The van der Waals surface area contributed by atoms with E-state index in [2.05, 4.69) is 15.5 Å². The summed E-state index contributed by atoms with van der Waals surface area (Å²) in [5.41, 5.74) is 0.531. The molecule has 2 aromatic rings. The quantitative estimate of drug-likeness (QED) is 0.648. The van der Waals surface area contributed by atoms with Gasteiger partial charge < -0.3 is 9.84 Å². The van der Waals surface area contributed by atoms with Gasteiger partial charge in [-0.25, -0.2) is 0 Å². The van der Waals surface area contributed by atoms with Crippen molar-refractivity contribution in [2.45, 2.75) is 19.4 Å². The third-order valence-corrected chi connectivity index (χ3v) is 3.00. The molecule has 1 N–H and O–H groups in total. The van der Waals surface area contributed by atoms with Crippen LogP contribution in [0.4, 0.5) is 5.69 Å². The minimum Gasteiger partial charge on any atom is -0.335 e. The van der Waals surface area contributed by atoms with Crippen molar-refractivity contribution in [1.82, 2.24) is 15.5 Å². The zero-order valence-electron chi connectivity index (χ0n) is 12.2. The third kappa shape index (κ3) is 4.64. The first kappa shape index (κ1) is 17.8. The zero-order chi connectivity index (χ0) is 15.2. The molecule has 0 aliphatic heterocycles. The number of benzene rings is 1. The Morgan fingerprint density at radius 1 is 1.41 bits per heavy atom. The Morgan fingerprint density at radius 2 is 2.14 bits per heavy atom. The Labute approximate surface area is 134 Å². The van der Waals surface area contributed by atoms with Gasteiger partial charge in [-0.2, -0.15) is 4.98 Å². The number of aromatic nitrogens is 2. The summed E-state index contributed by atoms with van der Waals surface area (Å²) in [7, 11) is 1.86. The largest absolute Gasteiger partial charge is 0.335 e. The molecule has 0 saturated carbocycles. The molecule has 0 bridgehead atoms. The van der Waals surface area contributed by atoms with Crippen molar-refractivity contribution in [3.8, 4) is 0 Å². The number of para-hydroxylation sites is 1. The van der Waals surface area contributed by atoms with Crippen molar-refractivity contribution in [1.29, 1.82) is 0 Å². The van der Waals surface area contributed by atoms with Gasteiger partial charge in [-0.15, -0.1) is 12.4 Å². The number of hydrogen-bond donors (Lipinski definition) is 1. The fourth-order valence-corrected chi connectivity index (χ4v) is 1.75. The van der Waals surface area contributed by atoms with Crippen LogP contribution >= 0.6 is 12.4 Å². The number of nitro benzene ring substituents is 1. The maximum Gasteiger partial charge on any atom is 0.276 e. The molecule has 0 aliphatic rings. The van der Waals surface area contributed by atoms with Crippen LogP contribution in [0.3, 0.4) is 0 Å². The van der Waals surface area contributed by atoms with Gasteiger partial charge in [0.1, 0.15) is 0 Å². The molecule has 1 aromatic heterocycles. The van der Waals surface area contributed by atoms with E-state index in [4.69, 9.17) is 4.52 Å². The normalized spacial score (nSPS) is 12.1. The van der Waals surface area contributed by atoms with Crippen LogP contribution in [0, 0.1) is 10.1 Å². The minimum absolute atomic E-state index is 0. The molecule has 118 valence electrons. The molecule has 7 nitrogen and oxygen atoms in total. The number of rotatable bonds is 6. The number of hydrogen-bond acceptors (Lipinski definition) is 6. The molecule has 0 aliphatic carbocycles. The molecule has 22 heavy (non-hydrogen) atoms. The van der Waals surface area contributed by atoms with E-state index in [0.717, 1.165) is 0 Å². The molecule has 0 fully saturated rings. The van der Waals surface area contributed by atoms with Crippen molar-refractivity contribution >= 4 is 30.2 Å². The second-order valence-electron chi connectivity index (χ2n) is 4.59. The van der Waals surface area contributed by atoms with Gasteiger partial charge in [0.25, 0.3) is 11.6 Å². The van der Waals surface area contributed by atoms with Crippen LogP contribution in [0.15, 0.2) is 28.8 Å².